The fourth-order valence-corrected chi connectivity index (χ4v) is 2.87. The lowest BCUT2D eigenvalue weighted by Gasteiger charge is -2.34. The Morgan fingerprint density at radius 3 is 2.28 bits per heavy atom. The molecule has 1 fully saturated rings. The lowest BCUT2D eigenvalue weighted by atomic mass is 9.98. The van der Waals surface area contributed by atoms with Crippen molar-refractivity contribution in [2.24, 2.45) is 0 Å². The van der Waals surface area contributed by atoms with Crippen molar-refractivity contribution in [3.8, 4) is 0 Å². The Kier molecular flexibility index (Phi) is 4.66. The van der Waals surface area contributed by atoms with Crippen molar-refractivity contribution >= 4 is 11.6 Å². The van der Waals surface area contributed by atoms with Gasteiger partial charge in [-0.15, -0.1) is 0 Å². The second-order valence-corrected chi connectivity index (χ2v) is 5.80. The summed E-state index contributed by atoms with van der Waals surface area (Å²) in [7, 11) is 0. The lowest BCUT2D eigenvalue weighted by molar-refractivity contribution is -0.0433. The maximum Gasteiger partial charge on any atom is 0.0565 e. The predicted octanol–water partition coefficient (Wildman–Crippen LogP) is 3.95. The molecule has 100 valence electrons. The molecule has 0 aromatic heterocycles. The van der Waals surface area contributed by atoms with Gasteiger partial charge in [0.05, 0.1) is 12.2 Å². The van der Waals surface area contributed by atoms with Crippen LogP contribution in [0.2, 0.25) is 5.02 Å². The summed E-state index contributed by atoms with van der Waals surface area (Å²) in [5.41, 5.74) is 1.28. The first-order valence-corrected chi connectivity index (χ1v) is 7.09. The third-order valence-electron chi connectivity index (χ3n) is 3.55. The molecule has 2 rings (SSSR count). The van der Waals surface area contributed by atoms with Gasteiger partial charge in [0.1, 0.15) is 0 Å². The van der Waals surface area contributed by atoms with Crippen molar-refractivity contribution in [3.63, 3.8) is 0 Å². The molecule has 0 radical (unpaired) electrons. The van der Waals surface area contributed by atoms with Gasteiger partial charge in [-0.3, -0.25) is 0 Å². The molecule has 18 heavy (non-hydrogen) atoms. The first-order valence-electron chi connectivity index (χ1n) is 6.71. The molecule has 1 saturated heterocycles. The van der Waals surface area contributed by atoms with E-state index in [1.54, 1.807) is 0 Å². The van der Waals surface area contributed by atoms with E-state index in [1.165, 1.54) is 5.56 Å². The van der Waals surface area contributed by atoms with Crippen molar-refractivity contribution < 1.29 is 4.74 Å². The van der Waals surface area contributed by atoms with E-state index >= 15 is 0 Å². The van der Waals surface area contributed by atoms with E-state index in [9.17, 15) is 0 Å². The summed E-state index contributed by atoms with van der Waals surface area (Å²) in [6, 6.07) is 8.96. The highest BCUT2D eigenvalue weighted by Gasteiger charge is 2.25. The van der Waals surface area contributed by atoms with Gasteiger partial charge in [-0.05, 0) is 51.3 Å². The Labute approximate surface area is 115 Å². The quantitative estimate of drug-likeness (QED) is 0.896. The molecular formula is C15H22ClNO. The Morgan fingerprint density at radius 2 is 1.72 bits per heavy atom. The van der Waals surface area contributed by atoms with E-state index in [-0.39, 0.29) is 0 Å². The Hall–Kier alpha value is -0.570. The maximum absolute atomic E-state index is 5.91. The molecule has 3 atom stereocenters. The van der Waals surface area contributed by atoms with E-state index in [1.807, 2.05) is 12.1 Å². The number of rotatable bonds is 3. The van der Waals surface area contributed by atoms with Gasteiger partial charge in [0.15, 0.2) is 0 Å². The zero-order chi connectivity index (χ0) is 13.1. The summed E-state index contributed by atoms with van der Waals surface area (Å²) < 4.78 is 5.76. The molecule has 3 heteroatoms. The minimum absolute atomic E-state index is 0.351. The van der Waals surface area contributed by atoms with Gasteiger partial charge in [0.2, 0.25) is 0 Å². The minimum Gasteiger partial charge on any atom is -0.375 e. The van der Waals surface area contributed by atoms with Crippen LogP contribution in [0.5, 0.6) is 0 Å². The molecule has 1 heterocycles. The lowest BCUT2D eigenvalue weighted by Crippen LogP contribution is -2.42. The van der Waals surface area contributed by atoms with Gasteiger partial charge in [-0.25, -0.2) is 0 Å². The van der Waals surface area contributed by atoms with Crippen LogP contribution in [-0.2, 0) is 4.74 Å². The van der Waals surface area contributed by atoms with E-state index in [4.69, 9.17) is 16.3 Å². The molecule has 0 bridgehead atoms. The van der Waals surface area contributed by atoms with Crippen LogP contribution in [0.1, 0.15) is 45.2 Å². The van der Waals surface area contributed by atoms with Crippen LogP contribution in [0.4, 0.5) is 0 Å². The van der Waals surface area contributed by atoms with Crippen LogP contribution in [0.15, 0.2) is 24.3 Å². The van der Waals surface area contributed by atoms with Crippen LogP contribution in [0.25, 0.3) is 0 Å². The summed E-state index contributed by atoms with van der Waals surface area (Å²) in [4.78, 5) is 0. The minimum atomic E-state index is 0.351. The number of hydrogen-bond acceptors (Lipinski definition) is 2. The van der Waals surface area contributed by atoms with Crippen LogP contribution < -0.4 is 5.32 Å². The number of benzene rings is 1. The molecule has 1 aliphatic rings. The second kappa shape index (κ2) is 6.05. The second-order valence-electron chi connectivity index (χ2n) is 5.37. The van der Waals surface area contributed by atoms with Gasteiger partial charge in [-0.1, -0.05) is 23.7 Å². The van der Waals surface area contributed by atoms with Crippen molar-refractivity contribution in [1.82, 2.24) is 5.32 Å². The van der Waals surface area contributed by atoms with Gasteiger partial charge in [0.25, 0.3) is 0 Å². The molecule has 1 aliphatic heterocycles. The fourth-order valence-electron chi connectivity index (χ4n) is 2.74. The molecule has 1 aromatic rings. The normalized spacial score (nSPS) is 30.1. The predicted molar refractivity (Wildman–Crippen MR) is 76.0 cm³/mol. The maximum atomic E-state index is 5.91. The topological polar surface area (TPSA) is 21.3 Å². The van der Waals surface area contributed by atoms with Crippen molar-refractivity contribution in [1.29, 1.82) is 0 Å². The molecule has 2 unspecified atom stereocenters. The Bertz CT molecular complexity index is 369. The molecule has 0 amide bonds. The number of nitrogens with one attached hydrogen (secondary N) is 1. The smallest absolute Gasteiger partial charge is 0.0565 e. The molecule has 0 saturated carbocycles. The number of hydrogen-bond donors (Lipinski definition) is 1. The molecular weight excluding hydrogens is 246 g/mol. The van der Waals surface area contributed by atoms with Crippen molar-refractivity contribution in [2.75, 3.05) is 0 Å². The number of ether oxygens (including phenoxy) is 1. The van der Waals surface area contributed by atoms with Gasteiger partial charge in [0, 0.05) is 17.1 Å². The molecule has 0 spiro atoms. The number of halogens is 1. The van der Waals surface area contributed by atoms with Crippen LogP contribution >= 0.6 is 11.6 Å². The van der Waals surface area contributed by atoms with Gasteiger partial charge in [-0.2, -0.15) is 0 Å². The summed E-state index contributed by atoms with van der Waals surface area (Å²) in [6.45, 7) is 6.50. The Balaban J connectivity index is 1.94. The zero-order valence-electron chi connectivity index (χ0n) is 11.3. The average Bonchev–Trinajstić information content (AvgIpc) is 2.28. The molecule has 2 nitrogen and oxygen atoms in total. The van der Waals surface area contributed by atoms with Crippen LogP contribution in [-0.4, -0.2) is 18.2 Å². The molecule has 0 aliphatic carbocycles. The first kappa shape index (κ1) is 13.9. The van der Waals surface area contributed by atoms with E-state index in [0.29, 0.717) is 24.3 Å². The highest BCUT2D eigenvalue weighted by atomic mass is 35.5. The monoisotopic (exact) mass is 267 g/mol. The summed E-state index contributed by atoms with van der Waals surface area (Å²) in [5, 5.41) is 4.48. The van der Waals surface area contributed by atoms with E-state index < -0.39 is 0 Å². The highest BCUT2D eigenvalue weighted by molar-refractivity contribution is 6.30. The fraction of sp³-hybridized carbons (Fsp3) is 0.600. The average molecular weight is 268 g/mol. The van der Waals surface area contributed by atoms with E-state index in [0.717, 1.165) is 17.9 Å². The van der Waals surface area contributed by atoms with Crippen molar-refractivity contribution in [2.45, 2.75) is 57.9 Å². The first-order chi connectivity index (χ1) is 8.54. The van der Waals surface area contributed by atoms with Crippen LogP contribution in [0.3, 0.4) is 0 Å². The summed E-state index contributed by atoms with van der Waals surface area (Å²) in [5.74, 6) is 0. The Morgan fingerprint density at radius 1 is 1.17 bits per heavy atom. The highest BCUT2D eigenvalue weighted by Crippen LogP contribution is 2.23. The third kappa shape index (κ3) is 3.71. The largest absolute Gasteiger partial charge is 0.375 e. The standard InChI is InChI=1S/C15H22ClNO/c1-10-8-15(9-11(2)18-10)17-12(3)13-4-6-14(16)7-5-13/h4-7,10-12,15,17H,8-9H2,1-3H3/t10?,11?,12-,15?/m0/s1. The molecule has 1 N–H and O–H groups in total. The summed E-state index contributed by atoms with van der Waals surface area (Å²) in [6.07, 6.45) is 2.87. The van der Waals surface area contributed by atoms with Gasteiger partial charge >= 0.3 is 0 Å². The summed E-state index contributed by atoms with van der Waals surface area (Å²) >= 11 is 5.91. The van der Waals surface area contributed by atoms with E-state index in [2.05, 4.69) is 38.2 Å². The van der Waals surface area contributed by atoms with Crippen LogP contribution in [0, 0.1) is 0 Å². The third-order valence-corrected chi connectivity index (χ3v) is 3.81. The zero-order valence-corrected chi connectivity index (χ0v) is 12.1. The van der Waals surface area contributed by atoms with Crippen molar-refractivity contribution in [3.05, 3.63) is 34.9 Å². The molecule has 1 aromatic carbocycles. The van der Waals surface area contributed by atoms with Gasteiger partial charge < -0.3 is 10.1 Å². The SMILES string of the molecule is CC1CC(N[C@@H](C)c2ccc(Cl)cc2)CC(C)O1.